The molecule has 0 bridgehead atoms. The van der Waals surface area contributed by atoms with Crippen LogP contribution in [0.4, 0.5) is 0 Å². The predicted molar refractivity (Wildman–Crippen MR) is 139 cm³/mol. The molecule has 0 aliphatic carbocycles. The molecule has 0 aromatic heterocycles. The number of rotatable bonds is 14. The Morgan fingerprint density at radius 1 is 1.00 bits per heavy atom. The van der Waals surface area contributed by atoms with Crippen molar-refractivity contribution in [3.63, 3.8) is 0 Å². The highest BCUT2D eigenvalue weighted by molar-refractivity contribution is 5.43. The molecule has 35 heavy (non-hydrogen) atoms. The number of hydrogen-bond acceptors (Lipinski definition) is 7. The van der Waals surface area contributed by atoms with E-state index in [1.165, 1.54) is 12.8 Å². The van der Waals surface area contributed by atoms with E-state index in [0.717, 1.165) is 42.6 Å². The van der Waals surface area contributed by atoms with Gasteiger partial charge in [-0.15, -0.1) is 0 Å². The average molecular weight is 487 g/mol. The SMILES string of the molecule is CCOc1ccccc1OCC(O)CN(C)Cc1ccc(OCCN2CCC(C)CC2)c(OC)c1. The molecule has 0 amide bonds. The zero-order valence-electron chi connectivity index (χ0n) is 21.7. The van der Waals surface area contributed by atoms with E-state index in [2.05, 4.69) is 22.8 Å². The molecular formula is C28H42N2O5. The van der Waals surface area contributed by atoms with Crippen LogP contribution in [0.2, 0.25) is 0 Å². The van der Waals surface area contributed by atoms with Crippen molar-refractivity contribution in [3.8, 4) is 23.0 Å². The van der Waals surface area contributed by atoms with Crippen molar-refractivity contribution in [1.82, 2.24) is 9.80 Å². The van der Waals surface area contributed by atoms with Crippen LogP contribution in [-0.2, 0) is 6.54 Å². The van der Waals surface area contributed by atoms with Gasteiger partial charge in [0.25, 0.3) is 0 Å². The van der Waals surface area contributed by atoms with Gasteiger partial charge in [0, 0.05) is 19.6 Å². The lowest BCUT2D eigenvalue weighted by Crippen LogP contribution is -2.35. The Hall–Kier alpha value is -2.48. The van der Waals surface area contributed by atoms with E-state index in [1.54, 1.807) is 7.11 Å². The van der Waals surface area contributed by atoms with Crippen molar-refractivity contribution in [2.75, 3.05) is 60.2 Å². The number of para-hydroxylation sites is 2. The highest BCUT2D eigenvalue weighted by Crippen LogP contribution is 2.29. The Morgan fingerprint density at radius 2 is 1.69 bits per heavy atom. The summed E-state index contributed by atoms with van der Waals surface area (Å²) in [5.74, 6) is 3.68. The van der Waals surface area contributed by atoms with Crippen LogP contribution in [-0.4, -0.2) is 81.2 Å². The van der Waals surface area contributed by atoms with E-state index in [-0.39, 0.29) is 6.61 Å². The zero-order chi connectivity index (χ0) is 25.0. The molecule has 1 saturated heterocycles. The van der Waals surface area contributed by atoms with Crippen LogP contribution in [0, 0.1) is 5.92 Å². The van der Waals surface area contributed by atoms with Crippen LogP contribution in [0.15, 0.2) is 42.5 Å². The maximum absolute atomic E-state index is 10.5. The largest absolute Gasteiger partial charge is 0.493 e. The van der Waals surface area contributed by atoms with Gasteiger partial charge in [-0.25, -0.2) is 0 Å². The summed E-state index contributed by atoms with van der Waals surface area (Å²) < 4.78 is 23.0. The van der Waals surface area contributed by atoms with Crippen LogP contribution in [0.5, 0.6) is 23.0 Å². The molecule has 2 aromatic rings. The number of methoxy groups -OCH3 is 1. The number of nitrogens with zero attached hydrogens (tertiary/aromatic N) is 2. The molecule has 1 N–H and O–H groups in total. The van der Waals surface area contributed by atoms with Crippen LogP contribution in [0.1, 0.15) is 32.3 Å². The Morgan fingerprint density at radius 3 is 2.37 bits per heavy atom. The monoisotopic (exact) mass is 486 g/mol. The second-order valence-electron chi connectivity index (χ2n) is 9.40. The van der Waals surface area contributed by atoms with E-state index >= 15 is 0 Å². The number of aliphatic hydroxyl groups is 1. The number of hydrogen-bond donors (Lipinski definition) is 1. The zero-order valence-corrected chi connectivity index (χ0v) is 21.7. The standard InChI is InChI=1S/C28H42N2O5/c1-5-33-25-8-6-7-9-26(25)35-21-24(31)20-29(3)19-23-10-11-27(28(18-23)32-4)34-17-16-30-14-12-22(2)13-15-30/h6-11,18,22,24,31H,5,12-17,19-21H2,1-4H3. The fourth-order valence-corrected chi connectivity index (χ4v) is 4.32. The van der Waals surface area contributed by atoms with Crippen LogP contribution in [0.3, 0.4) is 0 Å². The lowest BCUT2D eigenvalue weighted by Gasteiger charge is -2.30. The Labute approximate surface area is 210 Å². The van der Waals surface area contributed by atoms with Crippen LogP contribution >= 0.6 is 0 Å². The maximum atomic E-state index is 10.5. The van der Waals surface area contributed by atoms with E-state index in [1.807, 2.05) is 50.4 Å². The fraction of sp³-hybridized carbons (Fsp3) is 0.571. The van der Waals surface area contributed by atoms with Crippen molar-refractivity contribution in [3.05, 3.63) is 48.0 Å². The van der Waals surface area contributed by atoms with Crippen molar-refractivity contribution in [2.45, 2.75) is 39.3 Å². The Balaban J connectivity index is 1.44. The number of benzene rings is 2. The number of aliphatic hydroxyl groups excluding tert-OH is 1. The van der Waals surface area contributed by atoms with Gasteiger partial charge >= 0.3 is 0 Å². The molecule has 7 nitrogen and oxygen atoms in total. The number of likely N-dealkylation sites (tertiary alicyclic amines) is 1. The first-order valence-electron chi connectivity index (χ1n) is 12.7. The molecule has 2 aromatic carbocycles. The summed E-state index contributed by atoms with van der Waals surface area (Å²) in [6.45, 7) is 10.1. The van der Waals surface area contributed by atoms with Gasteiger partial charge in [-0.2, -0.15) is 0 Å². The van der Waals surface area contributed by atoms with E-state index in [0.29, 0.717) is 37.8 Å². The van der Waals surface area contributed by atoms with E-state index in [9.17, 15) is 5.11 Å². The highest BCUT2D eigenvalue weighted by atomic mass is 16.5. The normalized spacial score (nSPS) is 15.7. The summed E-state index contributed by atoms with van der Waals surface area (Å²) in [6, 6.07) is 13.6. The average Bonchev–Trinajstić information content (AvgIpc) is 2.85. The van der Waals surface area contributed by atoms with Gasteiger partial charge in [0.15, 0.2) is 23.0 Å². The van der Waals surface area contributed by atoms with E-state index in [4.69, 9.17) is 18.9 Å². The first kappa shape index (κ1) is 27.1. The molecule has 0 saturated carbocycles. The van der Waals surface area contributed by atoms with Crippen LogP contribution in [0.25, 0.3) is 0 Å². The molecule has 1 unspecified atom stereocenters. The number of ether oxygens (including phenoxy) is 4. The van der Waals surface area contributed by atoms with Gasteiger partial charge in [0.05, 0.1) is 13.7 Å². The van der Waals surface area contributed by atoms with Gasteiger partial charge in [-0.3, -0.25) is 9.80 Å². The summed E-state index contributed by atoms with van der Waals surface area (Å²) in [7, 11) is 3.65. The number of likely N-dealkylation sites (N-methyl/N-ethyl adjacent to an activating group) is 1. The second-order valence-corrected chi connectivity index (χ2v) is 9.40. The summed E-state index contributed by atoms with van der Waals surface area (Å²) in [5.41, 5.74) is 1.09. The van der Waals surface area contributed by atoms with Crippen LogP contribution < -0.4 is 18.9 Å². The van der Waals surface area contributed by atoms with E-state index < -0.39 is 6.10 Å². The minimum Gasteiger partial charge on any atom is -0.493 e. The lowest BCUT2D eigenvalue weighted by molar-refractivity contribution is 0.0730. The Bertz CT molecular complexity index is 885. The number of piperidine rings is 1. The third kappa shape index (κ3) is 8.91. The van der Waals surface area contributed by atoms with Gasteiger partial charge < -0.3 is 24.1 Å². The summed E-state index contributed by atoms with van der Waals surface area (Å²) in [5, 5.41) is 10.5. The third-order valence-corrected chi connectivity index (χ3v) is 6.32. The third-order valence-electron chi connectivity index (χ3n) is 6.32. The molecule has 1 atom stereocenters. The summed E-state index contributed by atoms with van der Waals surface area (Å²) in [6.07, 6.45) is 1.91. The fourth-order valence-electron chi connectivity index (χ4n) is 4.32. The first-order valence-corrected chi connectivity index (χ1v) is 12.7. The molecule has 1 fully saturated rings. The highest BCUT2D eigenvalue weighted by Gasteiger charge is 2.16. The second kappa shape index (κ2) is 14.2. The summed E-state index contributed by atoms with van der Waals surface area (Å²) >= 11 is 0. The minimum atomic E-state index is -0.628. The smallest absolute Gasteiger partial charge is 0.161 e. The molecule has 3 rings (SSSR count). The molecule has 194 valence electrons. The first-order chi connectivity index (χ1) is 17.0. The van der Waals surface area contributed by atoms with Gasteiger partial charge in [-0.1, -0.05) is 25.1 Å². The van der Waals surface area contributed by atoms with Crippen molar-refractivity contribution in [1.29, 1.82) is 0 Å². The maximum Gasteiger partial charge on any atom is 0.161 e. The molecular weight excluding hydrogens is 444 g/mol. The predicted octanol–water partition coefficient (Wildman–Crippen LogP) is 4.08. The Kier molecular flexibility index (Phi) is 11.0. The molecule has 7 heteroatoms. The lowest BCUT2D eigenvalue weighted by atomic mass is 9.99. The van der Waals surface area contributed by atoms with Gasteiger partial charge in [-0.05, 0) is 75.6 Å². The minimum absolute atomic E-state index is 0.195. The van der Waals surface area contributed by atoms with Crippen molar-refractivity contribution < 1.29 is 24.1 Å². The topological polar surface area (TPSA) is 63.6 Å². The quantitative estimate of drug-likeness (QED) is 0.432. The molecule has 1 aliphatic rings. The summed E-state index contributed by atoms with van der Waals surface area (Å²) in [4.78, 5) is 4.54. The molecule has 0 radical (unpaired) electrons. The molecule has 0 spiro atoms. The van der Waals surface area contributed by atoms with Gasteiger partial charge in [0.1, 0.15) is 19.3 Å². The molecule has 1 heterocycles. The van der Waals surface area contributed by atoms with Gasteiger partial charge in [0.2, 0.25) is 0 Å². The van der Waals surface area contributed by atoms with Crippen molar-refractivity contribution in [2.24, 2.45) is 5.92 Å². The van der Waals surface area contributed by atoms with Crippen molar-refractivity contribution >= 4 is 0 Å². The molecule has 1 aliphatic heterocycles.